The molecular weight excluding hydrogens is 338 g/mol. The third-order valence-electron chi connectivity index (χ3n) is 5.63. The molecule has 3 heterocycles. The van der Waals surface area contributed by atoms with Crippen molar-refractivity contribution < 1.29 is 14.1 Å². The summed E-state index contributed by atoms with van der Waals surface area (Å²) in [6.45, 7) is 4.26. The van der Waals surface area contributed by atoms with Crippen molar-refractivity contribution in [1.29, 1.82) is 0 Å². The first kappa shape index (κ1) is 16.3. The molecule has 0 radical (unpaired) electrons. The molecule has 0 unspecified atom stereocenters. The maximum Gasteiger partial charge on any atom is 0.325 e. The number of nitrogens with one attached hydrogen (secondary N) is 1. The van der Waals surface area contributed by atoms with Gasteiger partial charge in [-0.1, -0.05) is 31.5 Å². The number of rotatable bonds is 3. The van der Waals surface area contributed by atoms with E-state index in [4.69, 9.17) is 4.52 Å². The number of urea groups is 1. The predicted molar refractivity (Wildman–Crippen MR) is 93.8 cm³/mol. The van der Waals surface area contributed by atoms with Gasteiger partial charge in [0.05, 0.1) is 11.4 Å². The Morgan fingerprint density at radius 3 is 2.80 bits per heavy atom. The van der Waals surface area contributed by atoms with Crippen LogP contribution in [0.4, 0.5) is 4.79 Å². The van der Waals surface area contributed by atoms with Gasteiger partial charge in [-0.05, 0) is 36.1 Å². The van der Waals surface area contributed by atoms with Crippen molar-refractivity contribution in [2.75, 3.05) is 0 Å². The van der Waals surface area contributed by atoms with E-state index >= 15 is 0 Å². The average Bonchev–Trinajstić information content (AvgIpc) is 3.29. The van der Waals surface area contributed by atoms with Crippen LogP contribution in [0.15, 0.2) is 28.1 Å². The number of aromatic nitrogens is 1. The van der Waals surface area contributed by atoms with Crippen LogP contribution in [0.2, 0.25) is 0 Å². The van der Waals surface area contributed by atoms with Gasteiger partial charge >= 0.3 is 6.03 Å². The lowest BCUT2D eigenvalue weighted by atomic mass is 9.67. The lowest BCUT2D eigenvalue weighted by Crippen LogP contribution is -2.58. The Morgan fingerprint density at radius 2 is 2.12 bits per heavy atom. The third-order valence-corrected chi connectivity index (χ3v) is 6.51. The molecule has 2 aliphatic rings. The lowest BCUT2D eigenvalue weighted by molar-refractivity contribution is -0.137. The molecule has 1 saturated heterocycles. The Bertz CT molecular complexity index is 788. The number of imide groups is 1. The van der Waals surface area contributed by atoms with Crippen molar-refractivity contribution in [1.82, 2.24) is 15.4 Å². The first-order valence-electron chi connectivity index (χ1n) is 8.66. The van der Waals surface area contributed by atoms with Crippen LogP contribution in [0.25, 0.3) is 10.6 Å². The van der Waals surface area contributed by atoms with Crippen molar-refractivity contribution in [2.45, 2.75) is 45.2 Å². The van der Waals surface area contributed by atoms with E-state index in [1.165, 1.54) is 4.90 Å². The van der Waals surface area contributed by atoms with Crippen molar-refractivity contribution in [3.63, 3.8) is 0 Å². The molecule has 0 bridgehead atoms. The monoisotopic (exact) mass is 359 g/mol. The number of carbonyl (C=O) groups is 2. The number of hydrogen-bond donors (Lipinski definition) is 1. The van der Waals surface area contributed by atoms with Crippen molar-refractivity contribution in [2.24, 2.45) is 11.8 Å². The zero-order chi connectivity index (χ0) is 17.6. The van der Waals surface area contributed by atoms with Crippen molar-refractivity contribution in [3.05, 3.63) is 29.3 Å². The highest BCUT2D eigenvalue weighted by Crippen LogP contribution is 2.42. The fourth-order valence-corrected chi connectivity index (χ4v) is 4.85. The summed E-state index contributed by atoms with van der Waals surface area (Å²) in [6, 6.07) is 5.36. The SMILES string of the molecule is C[C@H]1CCC[C@H](C)C12NC(=O)N(Cc1cc(-c3cccs3)on1)C2=O. The van der Waals surface area contributed by atoms with Crippen LogP contribution in [0.5, 0.6) is 0 Å². The fraction of sp³-hybridized carbons (Fsp3) is 0.500. The average molecular weight is 359 g/mol. The molecule has 4 rings (SSSR count). The standard InChI is InChI=1S/C18H21N3O3S/c1-11-5-3-6-12(2)18(11)16(22)21(17(23)19-18)10-13-9-14(24-20-13)15-7-4-8-25-15/h4,7-9,11-12H,3,5-6,10H2,1-2H3,(H,19,23)/t11-,12-/m0/s1. The summed E-state index contributed by atoms with van der Waals surface area (Å²) in [5, 5.41) is 9.00. The number of carbonyl (C=O) groups excluding carboxylic acids is 2. The van der Waals surface area contributed by atoms with E-state index in [1.54, 1.807) is 17.4 Å². The Morgan fingerprint density at radius 1 is 1.36 bits per heavy atom. The molecule has 1 spiro atoms. The Hall–Kier alpha value is -2.15. The number of nitrogens with zero attached hydrogens (tertiary/aromatic N) is 2. The third kappa shape index (κ3) is 2.49. The minimum atomic E-state index is -0.768. The van der Waals surface area contributed by atoms with Crippen LogP contribution < -0.4 is 5.32 Å². The number of thiophene rings is 1. The maximum atomic E-state index is 13.1. The van der Waals surface area contributed by atoms with E-state index in [2.05, 4.69) is 24.3 Å². The molecule has 2 atom stereocenters. The van der Waals surface area contributed by atoms with Gasteiger partial charge in [0.15, 0.2) is 5.76 Å². The quantitative estimate of drug-likeness (QED) is 0.849. The zero-order valence-corrected chi connectivity index (χ0v) is 15.1. The largest absolute Gasteiger partial charge is 0.355 e. The smallest absolute Gasteiger partial charge is 0.325 e. The highest BCUT2D eigenvalue weighted by molar-refractivity contribution is 7.13. The highest BCUT2D eigenvalue weighted by atomic mass is 32.1. The van der Waals surface area contributed by atoms with Crippen LogP contribution in [0.1, 0.15) is 38.8 Å². The van der Waals surface area contributed by atoms with Crippen LogP contribution in [0, 0.1) is 11.8 Å². The van der Waals surface area contributed by atoms with Crippen LogP contribution >= 0.6 is 11.3 Å². The second kappa shape index (κ2) is 5.98. The molecule has 1 aliphatic heterocycles. The minimum Gasteiger partial charge on any atom is -0.355 e. The second-order valence-electron chi connectivity index (χ2n) is 7.08. The second-order valence-corrected chi connectivity index (χ2v) is 8.03. The molecule has 1 N–H and O–H groups in total. The molecule has 132 valence electrons. The van der Waals surface area contributed by atoms with Crippen LogP contribution in [-0.4, -0.2) is 27.5 Å². The van der Waals surface area contributed by atoms with Gasteiger partial charge in [0.2, 0.25) is 0 Å². The van der Waals surface area contributed by atoms with E-state index in [9.17, 15) is 9.59 Å². The fourth-order valence-electron chi connectivity index (χ4n) is 4.18. The van der Waals surface area contributed by atoms with E-state index in [0.717, 1.165) is 24.1 Å². The molecule has 2 aromatic heterocycles. The van der Waals surface area contributed by atoms with Gasteiger partial charge in [-0.15, -0.1) is 11.3 Å². The molecule has 0 aromatic carbocycles. The summed E-state index contributed by atoms with van der Waals surface area (Å²) in [5.74, 6) is 0.803. The molecule has 3 amide bonds. The van der Waals surface area contributed by atoms with E-state index < -0.39 is 5.54 Å². The summed E-state index contributed by atoms with van der Waals surface area (Å²) in [4.78, 5) is 27.9. The zero-order valence-electron chi connectivity index (χ0n) is 14.3. The minimum absolute atomic E-state index is 0.127. The van der Waals surface area contributed by atoms with Crippen molar-refractivity contribution >= 4 is 23.3 Å². The molecular formula is C18H21N3O3S. The highest BCUT2D eigenvalue weighted by Gasteiger charge is 2.58. The van der Waals surface area contributed by atoms with E-state index in [1.807, 2.05) is 17.5 Å². The van der Waals surface area contributed by atoms with E-state index in [0.29, 0.717) is 11.5 Å². The van der Waals surface area contributed by atoms with E-state index in [-0.39, 0.29) is 30.3 Å². The molecule has 1 aliphatic carbocycles. The Labute approximate surface area is 150 Å². The van der Waals surface area contributed by atoms with Gasteiger partial charge in [-0.2, -0.15) is 0 Å². The maximum absolute atomic E-state index is 13.1. The van der Waals surface area contributed by atoms with Gasteiger partial charge in [-0.3, -0.25) is 9.69 Å². The van der Waals surface area contributed by atoms with Crippen molar-refractivity contribution in [3.8, 4) is 10.6 Å². The van der Waals surface area contributed by atoms with Crippen LogP contribution in [0.3, 0.4) is 0 Å². The van der Waals surface area contributed by atoms with Crippen LogP contribution in [-0.2, 0) is 11.3 Å². The first-order chi connectivity index (χ1) is 12.0. The topological polar surface area (TPSA) is 75.4 Å². The summed E-state index contributed by atoms with van der Waals surface area (Å²) in [6.07, 6.45) is 3.01. The lowest BCUT2D eigenvalue weighted by Gasteiger charge is -2.42. The van der Waals surface area contributed by atoms with Gasteiger partial charge in [0, 0.05) is 6.07 Å². The van der Waals surface area contributed by atoms with Gasteiger partial charge in [-0.25, -0.2) is 4.79 Å². The summed E-state index contributed by atoms with van der Waals surface area (Å²) >= 11 is 1.56. The molecule has 6 nitrogen and oxygen atoms in total. The Balaban J connectivity index is 1.57. The summed E-state index contributed by atoms with van der Waals surface area (Å²) in [5.41, 5.74) is -0.185. The summed E-state index contributed by atoms with van der Waals surface area (Å²) < 4.78 is 5.36. The van der Waals surface area contributed by atoms with Gasteiger partial charge in [0.1, 0.15) is 11.2 Å². The van der Waals surface area contributed by atoms with Gasteiger partial charge in [0.25, 0.3) is 5.91 Å². The molecule has 2 fully saturated rings. The molecule has 1 saturated carbocycles. The first-order valence-corrected chi connectivity index (χ1v) is 9.54. The molecule has 7 heteroatoms. The number of hydrogen-bond acceptors (Lipinski definition) is 5. The normalized spacial score (nSPS) is 25.6. The number of amides is 3. The van der Waals surface area contributed by atoms with Gasteiger partial charge < -0.3 is 9.84 Å². The molecule has 2 aromatic rings. The predicted octanol–water partition coefficient (Wildman–Crippen LogP) is 3.65. The summed E-state index contributed by atoms with van der Waals surface area (Å²) in [7, 11) is 0. The molecule has 25 heavy (non-hydrogen) atoms. The Kier molecular flexibility index (Phi) is 3.91.